The summed E-state index contributed by atoms with van der Waals surface area (Å²) in [6, 6.07) is 8.54. The molecule has 2 aromatic rings. The van der Waals surface area contributed by atoms with Gasteiger partial charge in [0, 0.05) is 31.0 Å². The molecule has 1 aromatic carbocycles. The zero-order valence-electron chi connectivity index (χ0n) is 10.5. The van der Waals surface area contributed by atoms with Crippen LogP contribution in [0.3, 0.4) is 0 Å². The maximum Gasteiger partial charge on any atom is 0.292 e. The van der Waals surface area contributed by atoms with Gasteiger partial charge < -0.3 is 9.88 Å². The number of amides is 1. The lowest BCUT2D eigenvalue weighted by Gasteiger charge is -2.05. The van der Waals surface area contributed by atoms with Crippen LogP contribution in [0.4, 0.5) is 0 Å². The summed E-state index contributed by atoms with van der Waals surface area (Å²) in [4.78, 5) is 27.3. The van der Waals surface area contributed by atoms with Crippen LogP contribution in [0.2, 0.25) is 0 Å². The van der Waals surface area contributed by atoms with E-state index < -0.39 is 11.7 Å². The van der Waals surface area contributed by atoms with Crippen molar-refractivity contribution in [3.8, 4) is 0 Å². The van der Waals surface area contributed by atoms with Crippen molar-refractivity contribution >= 4 is 11.7 Å². The van der Waals surface area contributed by atoms with E-state index in [0.717, 1.165) is 13.0 Å². The van der Waals surface area contributed by atoms with Gasteiger partial charge in [-0.3, -0.25) is 9.59 Å². The summed E-state index contributed by atoms with van der Waals surface area (Å²) in [5.74, 6) is -1.06. The van der Waals surface area contributed by atoms with Crippen molar-refractivity contribution in [3.05, 3.63) is 54.6 Å². The second kappa shape index (κ2) is 6.49. The van der Waals surface area contributed by atoms with Gasteiger partial charge in [0.1, 0.15) is 0 Å². The van der Waals surface area contributed by atoms with Gasteiger partial charge in [-0.05, 0) is 6.42 Å². The van der Waals surface area contributed by atoms with E-state index in [1.165, 1.54) is 0 Å². The molecule has 0 aliphatic rings. The first-order valence-electron chi connectivity index (χ1n) is 6.10. The predicted octanol–water partition coefficient (Wildman–Crippen LogP) is 1.27. The smallest absolute Gasteiger partial charge is 0.292 e. The van der Waals surface area contributed by atoms with Crippen LogP contribution < -0.4 is 5.32 Å². The fraction of sp³-hybridized carbons (Fsp3) is 0.214. The van der Waals surface area contributed by atoms with Crippen LogP contribution in [0.5, 0.6) is 0 Å². The Balaban J connectivity index is 1.74. The number of imidazole rings is 1. The predicted molar refractivity (Wildman–Crippen MR) is 70.6 cm³/mol. The Morgan fingerprint density at radius 1 is 1.21 bits per heavy atom. The summed E-state index contributed by atoms with van der Waals surface area (Å²) in [5, 5.41) is 2.62. The van der Waals surface area contributed by atoms with Gasteiger partial charge >= 0.3 is 0 Å². The molecule has 0 atom stereocenters. The molecular formula is C14H15N3O2. The summed E-state index contributed by atoms with van der Waals surface area (Å²) < 4.78 is 1.92. The first-order valence-corrected chi connectivity index (χ1v) is 6.10. The minimum Gasteiger partial charge on any atom is -0.349 e. The first kappa shape index (κ1) is 13.0. The Kier molecular flexibility index (Phi) is 4.44. The maximum absolute atomic E-state index is 11.7. The largest absolute Gasteiger partial charge is 0.349 e. The number of hydrogen-bond donors (Lipinski definition) is 1. The van der Waals surface area contributed by atoms with Crippen LogP contribution in [0.25, 0.3) is 0 Å². The van der Waals surface area contributed by atoms with E-state index in [-0.39, 0.29) is 0 Å². The molecule has 98 valence electrons. The molecule has 0 aliphatic carbocycles. The van der Waals surface area contributed by atoms with Crippen LogP contribution in [-0.2, 0) is 11.3 Å². The summed E-state index contributed by atoms with van der Waals surface area (Å²) in [6.07, 6.45) is 6.04. The number of benzene rings is 1. The van der Waals surface area contributed by atoms with Crippen molar-refractivity contribution in [3.63, 3.8) is 0 Å². The molecule has 1 N–H and O–H groups in total. The van der Waals surface area contributed by atoms with E-state index in [2.05, 4.69) is 10.3 Å². The first-order chi connectivity index (χ1) is 9.27. The molecule has 19 heavy (non-hydrogen) atoms. The number of hydrogen-bond acceptors (Lipinski definition) is 3. The lowest BCUT2D eigenvalue weighted by Crippen LogP contribution is -2.32. The molecule has 0 unspecified atom stereocenters. The van der Waals surface area contributed by atoms with Crippen LogP contribution >= 0.6 is 0 Å². The molecule has 5 heteroatoms. The van der Waals surface area contributed by atoms with Crippen LogP contribution in [-0.4, -0.2) is 27.8 Å². The lowest BCUT2D eigenvalue weighted by atomic mass is 10.1. The molecule has 5 nitrogen and oxygen atoms in total. The Bertz CT molecular complexity index is 535. The van der Waals surface area contributed by atoms with Crippen LogP contribution in [0.15, 0.2) is 49.1 Å². The quantitative estimate of drug-likeness (QED) is 0.481. The monoisotopic (exact) mass is 257 g/mol. The van der Waals surface area contributed by atoms with Gasteiger partial charge in [-0.1, -0.05) is 30.3 Å². The SMILES string of the molecule is O=C(NCCCn1ccnc1)C(=O)c1ccccc1. The number of rotatable bonds is 6. The number of carbonyl (C=O) groups is 2. The Morgan fingerprint density at radius 2 is 2.00 bits per heavy atom. The van der Waals surface area contributed by atoms with Gasteiger partial charge in [-0.15, -0.1) is 0 Å². The molecule has 0 spiro atoms. The highest BCUT2D eigenvalue weighted by Gasteiger charge is 2.14. The molecule has 0 fully saturated rings. The zero-order valence-corrected chi connectivity index (χ0v) is 10.5. The van der Waals surface area contributed by atoms with Crippen molar-refractivity contribution in [2.45, 2.75) is 13.0 Å². The molecule has 2 rings (SSSR count). The highest BCUT2D eigenvalue weighted by atomic mass is 16.2. The maximum atomic E-state index is 11.7. The third-order valence-corrected chi connectivity index (χ3v) is 2.68. The van der Waals surface area contributed by atoms with E-state index in [1.54, 1.807) is 42.9 Å². The second-order valence-corrected chi connectivity index (χ2v) is 4.11. The number of aromatic nitrogens is 2. The van der Waals surface area contributed by atoms with Crippen molar-refractivity contribution in [1.29, 1.82) is 0 Å². The number of nitrogens with one attached hydrogen (secondary N) is 1. The van der Waals surface area contributed by atoms with E-state index in [1.807, 2.05) is 10.8 Å². The topological polar surface area (TPSA) is 64.0 Å². The third-order valence-electron chi connectivity index (χ3n) is 2.68. The van der Waals surface area contributed by atoms with Gasteiger partial charge in [0.25, 0.3) is 5.91 Å². The number of carbonyl (C=O) groups excluding carboxylic acids is 2. The molecule has 0 bridgehead atoms. The van der Waals surface area contributed by atoms with Crippen molar-refractivity contribution < 1.29 is 9.59 Å². The van der Waals surface area contributed by atoms with Gasteiger partial charge in [0.15, 0.2) is 0 Å². The van der Waals surface area contributed by atoms with Crippen LogP contribution in [0, 0.1) is 0 Å². The minimum absolute atomic E-state index is 0.412. The van der Waals surface area contributed by atoms with Gasteiger partial charge in [0.2, 0.25) is 5.78 Å². The molecule has 0 saturated carbocycles. The fourth-order valence-corrected chi connectivity index (χ4v) is 1.68. The average Bonchev–Trinajstić information content (AvgIpc) is 2.96. The molecule has 1 heterocycles. The van der Waals surface area contributed by atoms with Crippen molar-refractivity contribution in [2.75, 3.05) is 6.54 Å². The van der Waals surface area contributed by atoms with Crippen molar-refractivity contribution in [2.24, 2.45) is 0 Å². The molecule has 1 aromatic heterocycles. The summed E-state index contributed by atoms with van der Waals surface area (Å²) in [6.45, 7) is 1.23. The number of nitrogens with zero attached hydrogens (tertiary/aromatic N) is 2. The Morgan fingerprint density at radius 3 is 2.68 bits per heavy atom. The fourth-order valence-electron chi connectivity index (χ4n) is 1.68. The third kappa shape index (κ3) is 3.77. The van der Waals surface area contributed by atoms with Gasteiger partial charge in [-0.2, -0.15) is 0 Å². The van der Waals surface area contributed by atoms with Gasteiger partial charge in [0.05, 0.1) is 6.33 Å². The highest BCUT2D eigenvalue weighted by molar-refractivity contribution is 6.42. The minimum atomic E-state index is -0.558. The number of ketones is 1. The Labute approximate surface area is 111 Å². The van der Waals surface area contributed by atoms with E-state index in [0.29, 0.717) is 12.1 Å². The lowest BCUT2D eigenvalue weighted by molar-refractivity contribution is -0.117. The molecule has 0 saturated heterocycles. The van der Waals surface area contributed by atoms with E-state index >= 15 is 0 Å². The standard InChI is InChI=1S/C14H15N3O2/c18-13(12-5-2-1-3-6-12)14(19)16-7-4-9-17-10-8-15-11-17/h1-3,5-6,8,10-11H,4,7,9H2,(H,16,19). The summed E-state index contributed by atoms with van der Waals surface area (Å²) in [7, 11) is 0. The molecule has 0 radical (unpaired) electrons. The summed E-state index contributed by atoms with van der Waals surface area (Å²) >= 11 is 0. The van der Waals surface area contributed by atoms with Crippen LogP contribution in [0.1, 0.15) is 16.8 Å². The molecule has 1 amide bonds. The van der Waals surface area contributed by atoms with Crippen molar-refractivity contribution in [1.82, 2.24) is 14.9 Å². The molecular weight excluding hydrogens is 242 g/mol. The number of Topliss-reactive ketones (excluding diaryl/α,β-unsaturated/α-hetero) is 1. The molecule has 0 aliphatic heterocycles. The normalized spacial score (nSPS) is 10.1. The van der Waals surface area contributed by atoms with Gasteiger partial charge in [-0.25, -0.2) is 4.98 Å². The van der Waals surface area contributed by atoms with E-state index in [9.17, 15) is 9.59 Å². The number of aryl methyl sites for hydroxylation is 1. The van der Waals surface area contributed by atoms with E-state index in [4.69, 9.17) is 0 Å². The zero-order chi connectivity index (χ0) is 13.5. The summed E-state index contributed by atoms with van der Waals surface area (Å²) in [5.41, 5.74) is 0.412. The average molecular weight is 257 g/mol. The highest BCUT2D eigenvalue weighted by Crippen LogP contribution is 1.99. The Hall–Kier alpha value is -2.43. The second-order valence-electron chi connectivity index (χ2n) is 4.11.